The molecule has 0 saturated heterocycles. The number of amides is 1. The Labute approximate surface area is 187 Å². The van der Waals surface area contributed by atoms with Crippen LogP contribution in [0.5, 0.6) is 11.5 Å². The van der Waals surface area contributed by atoms with Gasteiger partial charge in [-0.2, -0.15) is 0 Å². The Hall–Kier alpha value is -3.67. The van der Waals surface area contributed by atoms with E-state index in [1.807, 2.05) is 13.8 Å². The molecule has 6 nitrogen and oxygen atoms in total. The minimum Gasteiger partial charge on any atom is -0.508 e. The number of rotatable bonds is 6. The number of carbonyl (C=O) groups is 3. The largest absolute Gasteiger partial charge is 0.508 e. The highest BCUT2D eigenvalue weighted by Crippen LogP contribution is 2.34. The van der Waals surface area contributed by atoms with Crippen LogP contribution in [0.25, 0.3) is 12.2 Å². The van der Waals surface area contributed by atoms with Crippen molar-refractivity contribution in [2.45, 2.75) is 26.7 Å². The summed E-state index contributed by atoms with van der Waals surface area (Å²) >= 11 is 0. The molecule has 0 aliphatic heterocycles. The Morgan fingerprint density at radius 3 is 1.78 bits per heavy atom. The molecule has 166 valence electrons. The number of allylic oxidation sites excluding steroid dienone is 2. The predicted octanol–water partition coefficient (Wildman–Crippen LogP) is 3.98. The van der Waals surface area contributed by atoms with Crippen molar-refractivity contribution in [3.8, 4) is 11.5 Å². The molecule has 3 rings (SSSR count). The lowest BCUT2D eigenvalue weighted by molar-refractivity contribution is -0.146. The molecular formula is C26H27NO5. The van der Waals surface area contributed by atoms with Crippen molar-refractivity contribution in [2.24, 2.45) is 5.92 Å². The summed E-state index contributed by atoms with van der Waals surface area (Å²) in [5, 5.41) is 19.5. The van der Waals surface area contributed by atoms with Gasteiger partial charge >= 0.3 is 0 Å². The average Bonchev–Trinajstić information content (AvgIpc) is 2.76. The van der Waals surface area contributed by atoms with Crippen molar-refractivity contribution in [3.63, 3.8) is 0 Å². The van der Waals surface area contributed by atoms with Gasteiger partial charge in [-0.15, -0.1) is 0 Å². The second-order valence-electron chi connectivity index (χ2n) is 7.81. The number of benzene rings is 2. The summed E-state index contributed by atoms with van der Waals surface area (Å²) in [6, 6.07) is 13.0. The molecule has 1 saturated carbocycles. The number of aromatic hydroxyl groups is 2. The summed E-state index contributed by atoms with van der Waals surface area (Å²) in [6.45, 7) is 4.51. The minimum atomic E-state index is -0.659. The number of phenols is 2. The summed E-state index contributed by atoms with van der Waals surface area (Å²) in [4.78, 5) is 40.4. The van der Waals surface area contributed by atoms with Gasteiger partial charge in [-0.3, -0.25) is 14.4 Å². The SMILES string of the molecule is CCN(CC)C(=O)C(=O)C1C/C(=C\c2cccc(O)c2)C(=O)/C(=C/c2cccc(O)c2)C1. The van der Waals surface area contributed by atoms with Crippen molar-refractivity contribution in [3.05, 3.63) is 70.8 Å². The molecule has 0 radical (unpaired) electrons. The van der Waals surface area contributed by atoms with Gasteiger partial charge < -0.3 is 15.1 Å². The first-order chi connectivity index (χ1) is 15.3. The van der Waals surface area contributed by atoms with Gasteiger partial charge in [0.15, 0.2) is 5.78 Å². The van der Waals surface area contributed by atoms with Gasteiger partial charge in [-0.1, -0.05) is 24.3 Å². The van der Waals surface area contributed by atoms with Gasteiger partial charge in [0, 0.05) is 30.2 Å². The van der Waals surface area contributed by atoms with E-state index in [1.54, 1.807) is 36.4 Å². The summed E-state index contributed by atoms with van der Waals surface area (Å²) in [5.74, 6) is -1.78. The Kier molecular flexibility index (Phi) is 7.25. The molecule has 32 heavy (non-hydrogen) atoms. The smallest absolute Gasteiger partial charge is 0.290 e. The van der Waals surface area contributed by atoms with Crippen molar-refractivity contribution >= 4 is 29.6 Å². The van der Waals surface area contributed by atoms with E-state index in [2.05, 4.69) is 0 Å². The lowest BCUT2D eigenvalue weighted by atomic mass is 9.77. The lowest BCUT2D eigenvalue weighted by Gasteiger charge is -2.26. The van der Waals surface area contributed by atoms with E-state index in [0.717, 1.165) is 0 Å². The van der Waals surface area contributed by atoms with Crippen LogP contribution in [0.3, 0.4) is 0 Å². The summed E-state index contributed by atoms with van der Waals surface area (Å²) in [5.41, 5.74) is 2.07. The second-order valence-corrected chi connectivity index (χ2v) is 7.81. The monoisotopic (exact) mass is 433 g/mol. The Balaban J connectivity index is 2.01. The van der Waals surface area contributed by atoms with Crippen LogP contribution in [0.15, 0.2) is 59.7 Å². The molecule has 2 N–H and O–H groups in total. The molecule has 1 amide bonds. The molecule has 0 aromatic heterocycles. The highest BCUT2D eigenvalue weighted by Gasteiger charge is 2.36. The van der Waals surface area contributed by atoms with E-state index < -0.39 is 17.6 Å². The van der Waals surface area contributed by atoms with Gasteiger partial charge in [0.1, 0.15) is 11.5 Å². The summed E-state index contributed by atoms with van der Waals surface area (Å²) in [7, 11) is 0. The van der Waals surface area contributed by atoms with Crippen molar-refractivity contribution < 1.29 is 24.6 Å². The molecule has 6 heteroatoms. The van der Waals surface area contributed by atoms with Crippen LogP contribution in [-0.4, -0.2) is 45.7 Å². The van der Waals surface area contributed by atoms with Crippen molar-refractivity contribution in [1.82, 2.24) is 4.90 Å². The summed E-state index contributed by atoms with van der Waals surface area (Å²) in [6.07, 6.45) is 3.61. The minimum absolute atomic E-state index is 0.0717. The fraction of sp³-hybridized carbons (Fsp3) is 0.269. The standard InChI is InChI=1S/C26H27NO5/c1-3-27(4-2)26(32)25(31)21-15-19(11-17-7-5-9-22(28)13-17)24(30)20(16-21)12-18-8-6-10-23(29)14-18/h5-14,21,28-29H,3-4,15-16H2,1-2H3/b19-11+,20-12+. The van der Waals surface area contributed by atoms with E-state index in [0.29, 0.717) is 35.4 Å². The van der Waals surface area contributed by atoms with Crippen LogP contribution < -0.4 is 0 Å². The quantitative estimate of drug-likeness (QED) is 0.531. The van der Waals surface area contributed by atoms with Gasteiger partial charge in [0.25, 0.3) is 5.91 Å². The van der Waals surface area contributed by atoms with Gasteiger partial charge in [0.2, 0.25) is 5.78 Å². The Morgan fingerprint density at radius 1 is 0.906 bits per heavy atom. The molecule has 1 aliphatic carbocycles. The molecule has 0 heterocycles. The van der Waals surface area contributed by atoms with Gasteiger partial charge in [-0.05, 0) is 74.2 Å². The molecule has 0 bridgehead atoms. The lowest BCUT2D eigenvalue weighted by Crippen LogP contribution is -2.41. The van der Waals surface area contributed by atoms with Crippen LogP contribution in [-0.2, 0) is 14.4 Å². The number of carbonyl (C=O) groups excluding carboxylic acids is 3. The van der Waals surface area contributed by atoms with Crippen LogP contribution in [0, 0.1) is 5.92 Å². The topological polar surface area (TPSA) is 94.9 Å². The zero-order valence-corrected chi connectivity index (χ0v) is 18.2. The molecule has 0 unspecified atom stereocenters. The molecule has 0 spiro atoms. The van der Waals surface area contributed by atoms with Gasteiger partial charge in [0.05, 0.1) is 0 Å². The highest BCUT2D eigenvalue weighted by atomic mass is 16.3. The number of nitrogens with zero attached hydrogens (tertiary/aromatic N) is 1. The van der Waals surface area contributed by atoms with E-state index in [4.69, 9.17) is 0 Å². The third-order valence-corrected chi connectivity index (χ3v) is 5.57. The molecule has 2 aromatic rings. The average molecular weight is 434 g/mol. The van der Waals surface area contributed by atoms with Crippen molar-refractivity contribution in [1.29, 1.82) is 0 Å². The molecular weight excluding hydrogens is 406 g/mol. The molecule has 1 aliphatic rings. The van der Waals surface area contributed by atoms with Crippen LogP contribution in [0.4, 0.5) is 0 Å². The Bertz CT molecular complexity index is 1030. The molecule has 0 atom stereocenters. The number of hydrogen-bond donors (Lipinski definition) is 2. The van der Waals surface area contributed by atoms with E-state index in [-0.39, 0.29) is 30.1 Å². The predicted molar refractivity (Wildman–Crippen MR) is 123 cm³/mol. The van der Waals surface area contributed by atoms with Crippen LogP contribution >= 0.6 is 0 Å². The highest BCUT2D eigenvalue weighted by molar-refractivity contribution is 6.37. The number of hydrogen-bond acceptors (Lipinski definition) is 5. The third kappa shape index (κ3) is 5.32. The number of ketones is 2. The van der Waals surface area contributed by atoms with E-state index in [1.165, 1.54) is 29.2 Å². The van der Waals surface area contributed by atoms with Gasteiger partial charge in [-0.25, -0.2) is 0 Å². The maximum absolute atomic E-state index is 13.2. The maximum atomic E-state index is 13.2. The molecule has 2 aromatic carbocycles. The first-order valence-corrected chi connectivity index (χ1v) is 10.7. The fourth-order valence-corrected chi connectivity index (χ4v) is 3.90. The summed E-state index contributed by atoms with van der Waals surface area (Å²) < 4.78 is 0. The number of likely N-dealkylation sites (N-methyl/N-ethyl adjacent to an activating group) is 1. The van der Waals surface area contributed by atoms with E-state index in [9.17, 15) is 24.6 Å². The normalized spacial score (nSPS) is 18.7. The number of phenolic OH excluding ortho intramolecular Hbond substituents is 2. The zero-order valence-electron chi connectivity index (χ0n) is 18.2. The van der Waals surface area contributed by atoms with Crippen LogP contribution in [0.2, 0.25) is 0 Å². The maximum Gasteiger partial charge on any atom is 0.290 e. The van der Waals surface area contributed by atoms with E-state index >= 15 is 0 Å². The van der Waals surface area contributed by atoms with Crippen LogP contribution in [0.1, 0.15) is 37.8 Å². The van der Waals surface area contributed by atoms with Crippen molar-refractivity contribution in [2.75, 3.05) is 13.1 Å². The Morgan fingerprint density at radius 2 is 1.38 bits per heavy atom. The number of Topliss-reactive ketones (excluding diaryl/α,β-unsaturated/α-hetero) is 2. The first kappa shape index (κ1) is 23.0. The third-order valence-electron chi connectivity index (χ3n) is 5.57. The fourth-order valence-electron chi connectivity index (χ4n) is 3.90. The zero-order chi connectivity index (χ0) is 23.3. The molecule has 1 fully saturated rings. The second kappa shape index (κ2) is 10.1. The first-order valence-electron chi connectivity index (χ1n) is 10.7.